The molecule has 0 bridgehead atoms. The summed E-state index contributed by atoms with van der Waals surface area (Å²) in [6.45, 7) is 1.10. The van der Waals surface area contributed by atoms with Crippen molar-refractivity contribution in [3.63, 3.8) is 0 Å². The standard InChI is InChI=1S/C12H18N2O3S2/c1-17-10-3-4-12(11(13)9-10)19(15,16)14-5-2-7-18-8-6-14/h3-4,9H,2,5-8,13H2,1H3. The molecule has 7 heteroatoms. The van der Waals surface area contributed by atoms with Gasteiger partial charge in [0.25, 0.3) is 0 Å². The average molecular weight is 302 g/mol. The molecular weight excluding hydrogens is 284 g/mol. The second kappa shape index (κ2) is 6.02. The molecule has 5 nitrogen and oxygen atoms in total. The molecule has 1 aromatic carbocycles. The minimum atomic E-state index is -3.50. The first-order valence-corrected chi connectivity index (χ1v) is 8.66. The summed E-state index contributed by atoms with van der Waals surface area (Å²) in [5.41, 5.74) is 6.07. The van der Waals surface area contributed by atoms with Crippen molar-refractivity contribution in [1.29, 1.82) is 0 Å². The van der Waals surface area contributed by atoms with Crippen LogP contribution in [0.25, 0.3) is 0 Å². The fourth-order valence-electron chi connectivity index (χ4n) is 1.99. The van der Waals surface area contributed by atoms with Gasteiger partial charge in [-0.05, 0) is 24.3 Å². The molecule has 1 aromatic rings. The number of nitrogens with two attached hydrogens (primary N) is 1. The molecule has 2 N–H and O–H groups in total. The van der Waals surface area contributed by atoms with Crippen LogP contribution in [-0.2, 0) is 10.0 Å². The van der Waals surface area contributed by atoms with Gasteiger partial charge in [0, 0.05) is 24.9 Å². The third kappa shape index (κ3) is 3.16. The monoisotopic (exact) mass is 302 g/mol. The van der Waals surface area contributed by atoms with Crippen LogP contribution in [0, 0.1) is 0 Å². The summed E-state index contributed by atoms with van der Waals surface area (Å²) in [6.07, 6.45) is 0.875. The van der Waals surface area contributed by atoms with Gasteiger partial charge in [-0.1, -0.05) is 0 Å². The third-order valence-corrected chi connectivity index (χ3v) is 6.04. The van der Waals surface area contributed by atoms with Crippen LogP contribution >= 0.6 is 11.8 Å². The number of sulfonamides is 1. The van der Waals surface area contributed by atoms with Crippen molar-refractivity contribution in [2.45, 2.75) is 11.3 Å². The molecular formula is C12H18N2O3S2. The number of nitrogens with zero attached hydrogens (tertiary/aromatic N) is 1. The van der Waals surface area contributed by atoms with Crippen LogP contribution in [0.15, 0.2) is 23.1 Å². The summed E-state index contributed by atoms with van der Waals surface area (Å²) in [7, 11) is -1.98. The molecule has 1 aliphatic rings. The Morgan fingerprint density at radius 1 is 1.32 bits per heavy atom. The van der Waals surface area contributed by atoms with Crippen molar-refractivity contribution >= 4 is 27.5 Å². The SMILES string of the molecule is COc1ccc(S(=O)(=O)N2CCCSCC2)c(N)c1. The number of benzene rings is 1. The molecule has 0 unspecified atom stereocenters. The van der Waals surface area contributed by atoms with Crippen LogP contribution in [0.2, 0.25) is 0 Å². The van der Waals surface area contributed by atoms with Gasteiger partial charge in [0.15, 0.2) is 0 Å². The lowest BCUT2D eigenvalue weighted by Gasteiger charge is -2.20. The lowest BCUT2D eigenvalue weighted by molar-refractivity contribution is 0.414. The summed E-state index contributed by atoms with van der Waals surface area (Å²) in [6, 6.07) is 4.68. The van der Waals surface area contributed by atoms with E-state index in [-0.39, 0.29) is 10.6 Å². The van der Waals surface area contributed by atoms with Gasteiger partial charge in [-0.3, -0.25) is 0 Å². The van der Waals surface area contributed by atoms with E-state index in [9.17, 15) is 8.42 Å². The Labute approximate surface area is 118 Å². The molecule has 0 aliphatic carbocycles. The molecule has 0 saturated carbocycles. The highest BCUT2D eigenvalue weighted by molar-refractivity contribution is 7.99. The molecule has 0 spiro atoms. The van der Waals surface area contributed by atoms with Gasteiger partial charge in [-0.15, -0.1) is 0 Å². The zero-order valence-corrected chi connectivity index (χ0v) is 12.5. The number of hydrogen-bond acceptors (Lipinski definition) is 5. The molecule has 2 rings (SSSR count). The van der Waals surface area contributed by atoms with Crippen LogP contribution in [0.1, 0.15) is 6.42 Å². The fourth-order valence-corrected chi connectivity index (χ4v) is 4.57. The first-order valence-electron chi connectivity index (χ1n) is 6.07. The fraction of sp³-hybridized carbons (Fsp3) is 0.500. The Kier molecular flexibility index (Phi) is 4.59. The topological polar surface area (TPSA) is 72.6 Å². The van der Waals surface area contributed by atoms with Crippen molar-refractivity contribution in [3.05, 3.63) is 18.2 Å². The minimum Gasteiger partial charge on any atom is -0.497 e. The maximum atomic E-state index is 12.6. The van der Waals surface area contributed by atoms with E-state index in [2.05, 4.69) is 0 Å². The number of methoxy groups -OCH3 is 1. The van der Waals surface area contributed by atoms with E-state index in [1.54, 1.807) is 23.9 Å². The summed E-state index contributed by atoms with van der Waals surface area (Å²) in [5, 5.41) is 0. The quantitative estimate of drug-likeness (QED) is 0.855. The zero-order valence-electron chi connectivity index (χ0n) is 10.8. The molecule has 0 aromatic heterocycles. The number of anilines is 1. The largest absolute Gasteiger partial charge is 0.497 e. The van der Waals surface area contributed by atoms with Crippen molar-refractivity contribution in [3.8, 4) is 5.75 Å². The van der Waals surface area contributed by atoms with Gasteiger partial charge >= 0.3 is 0 Å². The van der Waals surface area contributed by atoms with Crippen molar-refractivity contribution < 1.29 is 13.2 Å². The summed E-state index contributed by atoms with van der Waals surface area (Å²) in [4.78, 5) is 0.167. The normalized spacial score (nSPS) is 17.9. The lowest BCUT2D eigenvalue weighted by atomic mass is 10.3. The molecule has 0 atom stereocenters. The smallest absolute Gasteiger partial charge is 0.245 e. The van der Waals surface area contributed by atoms with Gasteiger partial charge in [-0.25, -0.2) is 8.42 Å². The highest BCUT2D eigenvalue weighted by Gasteiger charge is 2.27. The third-order valence-electron chi connectivity index (χ3n) is 3.02. The highest BCUT2D eigenvalue weighted by Crippen LogP contribution is 2.27. The van der Waals surface area contributed by atoms with Crippen LogP contribution in [0.3, 0.4) is 0 Å². The molecule has 1 aliphatic heterocycles. The van der Waals surface area contributed by atoms with Crippen LogP contribution in [-0.4, -0.2) is 44.4 Å². The Hall–Kier alpha value is -0.920. The van der Waals surface area contributed by atoms with E-state index in [0.717, 1.165) is 17.9 Å². The number of thioether (sulfide) groups is 1. The van der Waals surface area contributed by atoms with Gasteiger partial charge in [0.1, 0.15) is 10.6 Å². The number of rotatable bonds is 3. The van der Waals surface area contributed by atoms with Crippen molar-refractivity contribution in [2.24, 2.45) is 0 Å². The predicted octanol–water partition coefficient (Wildman–Crippen LogP) is 1.41. The Bertz CT molecular complexity index is 538. The van der Waals surface area contributed by atoms with E-state index in [1.807, 2.05) is 0 Å². The number of ether oxygens (including phenoxy) is 1. The van der Waals surface area contributed by atoms with E-state index in [0.29, 0.717) is 18.8 Å². The highest BCUT2D eigenvalue weighted by atomic mass is 32.2. The van der Waals surface area contributed by atoms with Gasteiger partial charge in [0.05, 0.1) is 12.8 Å². The number of nitrogen functional groups attached to an aromatic ring is 1. The lowest BCUT2D eigenvalue weighted by Crippen LogP contribution is -2.33. The Morgan fingerprint density at radius 2 is 2.11 bits per heavy atom. The molecule has 0 amide bonds. The Morgan fingerprint density at radius 3 is 2.79 bits per heavy atom. The first-order chi connectivity index (χ1) is 9.05. The molecule has 106 valence electrons. The van der Waals surface area contributed by atoms with E-state index < -0.39 is 10.0 Å². The maximum absolute atomic E-state index is 12.6. The van der Waals surface area contributed by atoms with Gasteiger partial charge < -0.3 is 10.5 Å². The summed E-state index contributed by atoms with van der Waals surface area (Å²) in [5.74, 6) is 2.39. The first kappa shape index (κ1) is 14.5. The molecule has 19 heavy (non-hydrogen) atoms. The maximum Gasteiger partial charge on any atom is 0.245 e. The Balaban J connectivity index is 2.32. The predicted molar refractivity (Wildman–Crippen MR) is 78.1 cm³/mol. The van der Waals surface area contributed by atoms with E-state index in [4.69, 9.17) is 10.5 Å². The minimum absolute atomic E-state index is 0.167. The summed E-state index contributed by atoms with van der Waals surface area (Å²) >= 11 is 1.78. The molecule has 1 heterocycles. The van der Waals surface area contributed by atoms with Gasteiger partial charge in [-0.2, -0.15) is 16.1 Å². The van der Waals surface area contributed by atoms with E-state index >= 15 is 0 Å². The average Bonchev–Trinajstić information content (AvgIpc) is 2.67. The second-order valence-corrected chi connectivity index (χ2v) is 7.40. The number of hydrogen-bond donors (Lipinski definition) is 1. The zero-order chi connectivity index (χ0) is 13.9. The van der Waals surface area contributed by atoms with Gasteiger partial charge in [0.2, 0.25) is 10.0 Å². The second-order valence-electron chi connectivity index (χ2n) is 4.27. The molecule has 0 radical (unpaired) electrons. The van der Waals surface area contributed by atoms with Crippen molar-refractivity contribution in [1.82, 2.24) is 4.31 Å². The van der Waals surface area contributed by atoms with Crippen LogP contribution in [0.5, 0.6) is 5.75 Å². The molecule has 1 fully saturated rings. The summed E-state index contributed by atoms with van der Waals surface area (Å²) < 4.78 is 31.7. The van der Waals surface area contributed by atoms with Crippen molar-refractivity contribution in [2.75, 3.05) is 37.4 Å². The molecule has 1 saturated heterocycles. The van der Waals surface area contributed by atoms with E-state index in [1.165, 1.54) is 17.5 Å². The van der Waals surface area contributed by atoms with Crippen LogP contribution in [0.4, 0.5) is 5.69 Å². The van der Waals surface area contributed by atoms with Crippen LogP contribution < -0.4 is 10.5 Å².